The number of carbonyl (C=O) groups excluding carboxylic acids is 3. The van der Waals surface area contributed by atoms with Crippen molar-refractivity contribution >= 4 is 23.8 Å². The normalized spacial score (nSPS) is 19.1. The lowest BCUT2D eigenvalue weighted by atomic mass is 9.95. The molecule has 1 atom stereocenters. The highest BCUT2D eigenvalue weighted by Gasteiger charge is 2.25. The molecule has 3 rings (SSSR count). The summed E-state index contributed by atoms with van der Waals surface area (Å²) in [5.41, 5.74) is 0. The van der Waals surface area contributed by atoms with Crippen LogP contribution >= 0.6 is 0 Å². The maximum atomic E-state index is 12.9. The van der Waals surface area contributed by atoms with Gasteiger partial charge in [0.2, 0.25) is 17.7 Å². The van der Waals surface area contributed by atoms with Gasteiger partial charge in [0, 0.05) is 24.6 Å². The van der Waals surface area contributed by atoms with Crippen LogP contribution < -0.4 is 16.0 Å². The Morgan fingerprint density at radius 2 is 1.61 bits per heavy atom. The van der Waals surface area contributed by atoms with Gasteiger partial charge in [0.05, 0.1) is 6.26 Å². The Kier molecular flexibility index (Phi) is 9.18. The summed E-state index contributed by atoms with van der Waals surface area (Å²) in [6, 6.07) is 3.13. The Labute approximate surface area is 184 Å². The molecule has 1 aromatic heterocycles. The van der Waals surface area contributed by atoms with Gasteiger partial charge in [-0.2, -0.15) is 0 Å². The van der Waals surface area contributed by atoms with Gasteiger partial charge in [0.15, 0.2) is 0 Å². The fourth-order valence-electron chi connectivity index (χ4n) is 4.40. The van der Waals surface area contributed by atoms with Crippen molar-refractivity contribution in [1.29, 1.82) is 0 Å². The molecule has 7 heteroatoms. The molecule has 0 radical (unpaired) electrons. The second-order valence-corrected chi connectivity index (χ2v) is 8.69. The van der Waals surface area contributed by atoms with E-state index >= 15 is 0 Å². The van der Waals surface area contributed by atoms with E-state index in [0.29, 0.717) is 5.76 Å². The van der Waals surface area contributed by atoms with Crippen molar-refractivity contribution in [2.75, 3.05) is 0 Å². The molecular formula is C24H35N3O4. The molecule has 3 amide bonds. The van der Waals surface area contributed by atoms with Gasteiger partial charge in [-0.1, -0.05) is 38.5 Å². The number of amides is 3. The van der Waals surface area contributed by atoms with E-state index in [1.165, 1.54) is 25.2 Å². The largest absolute Gasteiger partial charge is 0.465 e. The molecule has 170 valence electrons. The summed E-state index contributed by atoms with van der Waals surface area (Å²) >= 11 is 0. The van der Waals surface area contributed by atoms with Gasteiger partial charge in [-0.05, 0) is 50.3 Å². The van der Waals surface area contributed by atoms with Gasteiger partial charge in [0.25, 0.3) is 0 Å². The van der Waals surface area contributed by atoms with E-state index in [-0.39, 0.29) is 42.6 Å². The number of hydrogen-bond donors (Lipinski definition) is 3. The summed E-state index contributed by atoms with van der Waals surface area (Å²) < 4.78 is 5.19. The lowest BCUT2D eigenvalue weighted by Crippen LogP contribution is -2.50. The highest BCUT2D eigenvalue weighted by atomic mass is 16.3. The first-order chi connectivity index (χ1) is 15.1. The van der Waals surface area contributed by atoms with Gasteiger partial charge in [-0.25, -0.2) is 0 Å². The summed E-state index contributed by atoms with van der Waals surface area (Å²) in [6.45, 7) is 0. The Bertz CT molecular complexity index is 732. The van der Waals surface area contributed by atoms with Crippen LogP contribution in [-0.2, 0) is 14.4 Å². The molecule has 2 aliphatic rings. The van der Waals surface area contributed by atoms with E-state index in [4.69, 9.17) is 4.42 Å². The average Bonchev–Trinajstić information content (AvgIpc) is 3.30. The molecule has 0 saturated heterocycles. The maximum absolute atomic E-state index is 12.9. The molecule has 2 fully saturated rings. The number of carbonyl (C=O) groups is 3. The first kappa shape index (κ1) is 23.1. The quantitative estimate of drug-likeness (QED) is 0.523. The second kappa shape index (κ2) is 12.3. The first-order valence-corrected chi connectivity index (χ1v) is 11.7. The molecule has 0 bridgehead atoms. The van der Waals surface area contributed by atoms with Gasteiger partial charge < -0.3 is 20.4 Å². The average molecular weight is 430 g/mol. The third kappa shape index (κ3) is 8.23. The molecular weight excluding hydrogens is 394 g/mol. The van der Waals surface area contributed by atoms with Crippen molar-refractivity contribution in [2.45, 2.75) is 95.2 Å². The standard InChI is InChI=1S/C24H35N3O4/c28-22(25-18-8-3-1-4-9-18)16-14-21(24(30)26-19-10-5-2-6-11-19)27-23(29)15-13-20-12-7-17-31-20/h7,12-13,15,17-19,21H,1-6,8-11,14,16H2,(H,25,28)(H,26,30)(H,27,29)/b15-13+. The topological polar surface area (TPSA) is 100 Å². The molecule has 7 nitrogen and oxygen atoms in total. The van der Waals surface area contributed by atoms with Gasteiger partial charge >= 0.3 is 0 Å². The van der Waals surface area contributed by atoms with Crippen molar-refractivity contribution in [3.05, 3.63) is 30.2 Å². The van der Waals surface area contributed by atoms with Crippen LogP contribution in [0.1, 0.15) is 82.8 Å². The van der Waals surface area contributed by atoms with Crippen LogP contribution in [0.5, 0.6) is 0 Å². The lowest BCUT2D eigenvalue weighted by molar-refractivity contribution is -0.128. The Morgan fingerprint density at radius 1 is 0.968 bits per heavy atom. The summed E-state index contributed by atoms with van der Waals surface area (Å²) in [6.07, 6.45) is 15.8. The van der Waals surface area contributed by atoms with E-state index in [9.17, 15) is 14.4 Å². The molecule has 31 heavy (non-hydrogen) atoms. The fourth-order valence-corrected chi connectivity index (χ4v) is 4.40. The summed E-state index contributed by atoms with van der Waals surface area (Å²) in [7, 11) is 0. The Hall–Kier alpha value is -2.57. The minimum Gasteiger partial charge on any atom is -0.465 e. The van der Waals surface area contributed by atoms with Crippen molar-refractivity contribution in [3.8, 4) is 0 Å². The Balaban J connectivity index is 1.53. The molecule has 1 aromatic rings. The minimum absolute atomic E-state index is 0.0530. The minimum atomic E-state index is -0.743. The fraction of sp³-hybridized carbons (Fsp3) is 0.625. The van der Waals surface area contributed by atoms with Gasteiger partial charge in [-0.15, -0.1) is 0 Å². The highest BCUT2D eigenvalue weighted by Crippen LogP contribution is 2.19. The van der Waals surface area contributed by atoms with Crippen LogP contribution in [0.2, 0.25) is 0 Å². The molecule has 0 aromatic carbocycles. The Morgan fingerprint density at radius 3 is 2.23 bits per heavy atom. The molecule has 1 heterocycles. The molecule has 2 aliphatic carbocycles. The van der Waals surface area contributed by atoms with Crippen molar-refractivity contribution in [2.24, 2.45) is 0 Å². The predicted molar refractivity (Wildman–Crippen MR) is 119 cm³/mol. The van der Waals surface area contributed by atoms with E-state index < -0.39 is 6.04 Å². The third-order valence-electron chi connectivity index (χ3n) is 6.16. The number of rotatable bonds is 9. The van der Waals surface area contributed by atoms with Crippen LogP contribution in [0.25, 0.3) is 6.08 Å². The van der Waals surface area contributed by atoms with Crippen LogP contribution in [-0.4, -0.2) is 35.8 Å². The van der Waals surface area contributed by atoms with Gasteiger partial charge in [0.1, 0.15) is 11.8 Å². The van der Waals surface area contributed by atoms with Crippen molar-refractivity contribution in [3.63, 3.8) is 0 Å². The molecule has 0 aliphatic heterocycles. The summed E-state index contributed by atoms with van der Waals surface area (Å²) in [4.78, 5) is 37.7. The van der Waals surface area contributed by atoms with Crippen molar-refractivity contribution in [1.82, 2.24) is 16.0 Å². The smallest absolute Gasteiger partial charge is 0.244 e. The first-order valence-electron chi connectivity index (χ1n) is 11.7. The maximum Gasteiger partial charge on any atom is 0.244 e. The van der Waals surface area contributed by atoms with E-state index in [1.54, 1.807) is 18.2 Å². The van der Waals surface area contributed by atoms with Crippen LogP contribution in [0, 0.1) is 0 Å². The van der Waals surface area contributed by atoms with Crippen LogP contribution in [0.15, 0.2) is 28.9 Å². The van der Waals surface area contributed by atoms with E-state index in [2.05, 4.69) is 16.0 Å². The number of nitrogens with one attached hydrogen (secondary N) is 3. The summed E-state index contributed by atoms with van der Waals surface area (Å²) in [5.74, 6) is -0.0852. The molecule has 0 spiro atoms. The van der Waals surface area contributed by atoms with E-state index in [0.717, 1.165) is 51.4 Å². The van der Waals surface area contributed by atoms with Gasteiger partial charge in [-0.3, -0.25) is 14.4 Å². The monoisotopic (exact) mass is 429 g/mol. The zero-order valence-corrected chi connectivity index (χ0v) is 18.2. The SMILES string of the molecule is O=C(/C=C/c1ccco1)NC(CCC(=O)NC1CCCCC1)C(=O)NC1CCCCC1. The van der Waals surface area contributed by atoms with Crippen LogP contribution in [0.3, 0.4) is 0 Å². The third-order valence-corrected chi connectivity index (χ3v) is 6.16. The second-order valence-electron chi connectivity index (χ2n) is 8.69. The van der Waals surface area contributed by atoms with Crippen molar-refractivity contribution < 1.29 is 18.8 Å². The number of hydrogen-bond acceptors (Lipinski definition) is 4. The predicted octanol–water partition coefficient (Wildman–Crippen LogP) is 3.46. The lowest BCUT2D eigenvalue weighted by Gasteiger charge is -2.26. The highest BCUT2D eigenvalue weighted by molar-refractivity contribution is 5.95. The molecule has 2 saturated carbocycles. The zero-order chi connectivity index (χ0) is 21.9. The summed E-state index contributed by atoms with van der Waals surface area (Å²) in [5, 5.41) is 8.92. The zero-order valence-electron chi connectivity index (χ0n) is 18.2. The number of furan rings is 1. The van der Waals surface area contributed by atoms with Crippen LogP contribution in [0.4, 0.5) is 0 Å². The molecule has 1 unspecified atom stereocenters. The molecule has 3 N–H and O–H groups in total. The van der Waals surface area contributed by atoms with E-state index in [1.807, 2.05) is 0 Å².